The SMILES string of the molecule is CNC(Cc1ccsc1)Cc1ccc(OC)c(OC)c1. The van der Waals surface area contributed by atoms with Crippen molar-refractivity contribution in [2.75, 3.05) is 21.3 Å². The summed E-state index contributed by atoms with van der Waals surface area (Å²) in [6.07, 6.45) is 2.00. The van der Waals surface area contributed by atoms with Gasteiger partial charge < -0.3 is 14.8 Å². The van der Waals surface area contributed by atoms with E-state index in [1.54, 1.807) is 25.6 Å². The molecule has 20 heavy (non-hydrogen) atoms. The molecular formula is C16H21NO2S. The highest BCUT2D eigenvalue weighted by Gasteiger charge is 2.11. The Hall–Kier alpha value is -1.52. The molecule has 0 saturated heterocycles. The molecule has 2 aromatic rings. The first kappa shape index (κ1) is 14.9. The smallest absolute Gasteiger partial charge is 0.160 e. The zero-order valence-corrected chi connectivity index (χ0v) is 13.0. The molecule has 3 nitrogen and oxygen atoms in total. The second-order valence-electron chi connectivity index (χ2n) is 4.71. The molecule has 0 amide bonds. The molecule has 0 aliphatic carbocycles. The molecular weight excluding hydrogens is 270 g/mol. The van der Waals surface area contributed by atoms with Crippen molar-refractivity contribution in [1.29, 1.82) is 0 Å². The number of thiophene rings is 1. The Morgan fingerprint density at radius 2 is 1.80 bits per heavy atom. The van der Waals surface area contributed by atoms with Crippen molar-refractivity contribution in [3.8, 4) is 11.5 Å². The minimum Gasteiger partial charge on any atom is -0.493 e. The van der Waals surface area contributed by atoms with Gasteiger partial charge in [-0.15, -0.1) is 0 Å². The van der Waals surface area contributed by atoms with Gasteiger partial charge in [-0.05, 0) is 60.0 Å². The summed E-state index contributed by atoms with van der Waals surface area (Å²) in [5.41, 5.74) is 2.63. The van der Waals surface area contributed by atoms with Crippen LogP contribution in [0.3, 0.4) is 0 Å². The molecule has 1 aromatic heterocycles. The highest BCUT2D eigenvalue weighted by Crippen LogP contribution is 2.28. The van der Waals surface area contributed by atoms with E-state index in [2.05, 4.69) is 34.3 Å². The molecule has 0 spiro atoms. The van der Waals surface area contributed by atoms with E-state index < -0.39 is 0 Å². The normalized spacial score (nSPS) is 12.2. The van der Waals surface area contributed by atoms with Crippen LogP contribution >= 0.6 is 11.3 Å². The summed E-state index contributed by atoms with van der Waals surface area (Å²) in [4.78, 5) is 0. The van der Waals surface area contributed by atoms with E-state index in [9.17, 15) is 0 Å². The summed E-state index contributed by atoms with van der Waals surface area (Å²) in [6.45, 7) is 0. The van der Waals surface area contributed by atoms with Crippen molar-refractivity contribution in [3.63, 3.8) is 0 Å². The van der Waals surface area contributed by atoms with E-state index in [1.807, 2.05) is 13.1 Å². The number of rotatable bonds is 7. The van der Waals surface area contributed by atoms with Crippen molar-refractivity contribution < 1.29 is 9.47 Å². The molecule has 1 N–H and O–H groups in total. The summed E-state index contributed by atoms with van der Waals surface area (Å²) in [6, 6.07) is 8.72. The second kappa shape index (κ2) is 7.31. The molecule has 1 unspecified atom stereocenters. The average molecular weight is 291 g/mol. The topological polar surface area (TPSA) is 30.5 Å². The fourth-order valence-corrected chi connectivity index (χ4v) is 2.94. The molecule has 0 saturated carbocycles. The Bertz CT molecular complexity index is 525. The van der Waals surface area contributed by atoms with Crippen LogP contribution in [0.25, 0.3) is 0 Å². The van der Waals surface area contributed by atoms with E-state index in [0.717, 1.165) is 24.3 Å². The van der Waals surface area contributed by atoms with Gasteiger partial charge >= 0.3 is 0 Å². The first-order chi connectivity index (χ1) is 9.76. The molecule has 4 heteroatoms. The predicted octanol–water partition coefficient (Wildman–Crippen LogP) is 3.14. The average Bonchev–Trinajstić information content (AvgIpc) is 2.99. The van der Waals surface area contributed by atoms with Gasteiger partial charge in [0.1, 0.15) is 0 Å². The van der Waals surface area contributed by atoms with Gasteiger partial charge in [-0.2, -0.15) is 11.3 Å². The highest BCUT2D eigenvalue weighted by atomic mass is 32.1. The number of benzene rings is 1. The summed E-state index contributed by atoms with van der Waals surface area (Å²) in [5, 5.41) is 7.72. The van der Waals surface area contributed by atoms with Crippen LogP contribution in [0.2, 0.25) is 0 Å². The highest BCUT2D eigenvalue weighted by molar-refractivity contribution is 7.07. The number of nitrogens with one attached hydrogen (secondary N) is 1. The Labute approximate surface area is 124 Å². The molecule has 0 aliphatic rings. The summed E-state index contributed by atoms with van der Waals surface area (Å²) < 4.78 is 10.6. The van der Waals surface area contributed by atoms with Crippen LogP contribution in [0.1, 0.15) is 11.1 Å². The number of ether oxygens (including phenoxy) is 2. The quantitative estimate of drug-likeness (QED) is 0.850. The van der Waals surface area contributed by atoms with Crippen LogP contribution in [0.15, 0.2) is 35.0 Å². The van der Waals surface area contributed by atoms with E-state index in [1.165, 1.54) is 11.1 Å². The van der Waals surface area contributed by atoms with Crippen LogP contribution in [0.5, 0.6) is 11.5 Å². The Morgan fingerprint density at radius 1 is 1.05 bits per heavy atom. The number of hydrogen-bond donors (Lipinski definition) is 1. The fraction of sp³-hybridized carbons (Fsp3) is 0.375. The van der Waals surface area contributed by atoms with Gasteiger partial charge in [0.2, 0.25) is 0 Å². The van der Waals surface area contributed by atoms with Gasteiger partial charge in [0.15, 0.2) is 11.5 Å². The van der Waals surface area contributed by atoms with Crippen LogP contribution in [0, 0.1) is 0 Å². The molecule has 108 valence electrons. The van der Waals surface area contributed by atoms with Gasteiger partial charge in [-0.1, -0.05) is 6.07 Å². The second-order valence-corrected chi connectivity index (χ2v) is 5.49. The van der Waals surface area contributed by atoms with E-state index in [4.69, 9.17) is 9.47 Å². The minimum atomic E-state index is 0.419. The van der Waals surface area contributed by atoms with Gasteiger partial charge in [-0.3, -0.25) is 0 Å². The lowest BCUT2D eigenvalue weighted by Gasteiger charge is -2.17. The zero-order chi connectivity index (χ0) is 14.4. The molecule has 1 atom stereocenters. The summed E-state index contributed by atoms with van der Waals surface area (Å²) >= 11 is 1.75. The van der Waals surface area contributed by atoms with E-state index in [-0.39, 0.29) is 0 Å². The predicted molar refractivity (Wildman–Crippen MR) is 84.1 cm³/mol. The Balaban J connectivity index is 2.07. The van der Waals surface area contributed by atoms with Crippen molar-refractivity contribution >= 4 is 11.3 Å². The Morgan fingerprint density at radius 3 is 2.40 bits per heavy atom. The van der Waals surface area contributed by atoms with Crippen LogP contribution in [-0.2, 0) is 12.8 Å². The molecule has 1 heterocycles. The third-order valence-electron chi connectivity index (χ3n) is 3.40. The van der Waals surface area contributed by atoms with Crippen molar-refractivity contribution in [1.82, 2.24) is 5.32 Å². The van der Waals surface area contributed by atoms with Crippen LogP contribution in [-0.4, -0.2) is 27.3 Å². The van der Waals surface area contributed by atoms with Crippen molar-refractivity contribution in [2.45, 2.75) is 18.9 Å². The maximum absolute atomic E-state index is 5.35. The lowest BCUT2D eigenvalue weighted by atomic mass is 10.0. The lowest BCUT2D eigenvalue weighted by molar-refractivity contribution is 0.354. The van der Waals surface area contributed by atoms with E-state index in [0.29, 0.717) is 6.04 Å². The molecule has 0 bridgehead atoms. The van der Waals surface area contributed by atoms with Gasteiger partial charge in [0.25, 0.3) is 0 Å². The summed E-state index contributed by atoms with van der Waals surface area (Å²) in [7, 11) is 5.34. The Kier molecular flexibility index (Phi) is 5.44. The summed E-state index contributed by atoms with van der Waals surface area (Å²) in [5.74, 6) is 1.56. The van der Waals surface area contributed by atoms with Crippen LogP contribution in [0.4, 0.5) is 0 Å². The monoisotopic (exact) mass is 291 g/mol. The van der Waals surface area contributed by atoms with Gasteiger partial charge in [0.05, 0.1) is 14.2 Å². The fourth-order valence-electron chi connectivity index (χ4n) is 2.26. The van der Waals surface area contributed by atoms with Gasteiger partial charge in [0, 0.05) is 6.04 Å². The molecule has 0 radical (unpaired) electrons. The number of methoxy groups -OCH3 is 2. The third-order valence-corrected chi connectivity index (χ3v) is 4.13. The standard InChI is InChI=1S/C16H21NO2S/c1-17-14(9-13-6-7-20-11-13)8-12-4-5-15(18-2)16(10-12)19-3/h4-7,10-11,14,17H,8-9H2,1-3H3. The third kappa shape index (κ3) is 3.74. The van der Waals surface area contributed by atoms with Crippen LogP contribution < -0.4 is 14.8 Å². The zero-order valence-electron chi connectivity index (χ0n) is 12.2. The van der Waals surface area contributed by atoms with E-state index >= 15 is 0 Å². The molecule has 1 aromatic carbocycles. The first-order valence-corrected chi connectivity index (χ1v) is 7.60. The lowest BCUT2D eigenvalue weighted by Crippen LogP contribution is -2.29. The largest absolute Gasteiger partial charge is 0.493 e. The van der Waals surface area contributed by atoms with Crippen molar-refractivity contribution in [2.24, 2.45) is 0 Å². The van der Waals surface area contributed by atoms with Gasteiger partial charge in [-0.25, -0.2) is 0 Å². The first-order valence-electron chi connectivity index (χ1n) is 6.66. The number of likely N-dealkylation sites (N-methyl/N-ethyl adjacent to an activating group) is 1. The molecule has 2 rings (SSSR count). The number of hydrogen-bond acceptors (Lipinski definition) is 4. The van der Waals surface area contributed by atoms with Crippen molar-refractivity contribution in [3.05, 3.63) is 46.2 Å². The minimum absolute atomic E-state index is 0.419. The molecule has 0 aliphatic heterocycles. The molecule has 0 fully saturated rings. The maximum atomic E-state index is 5.35. The maximum Gasteiger partial charge on any atom is 0.160 e.